The zero-order chi connectivity index (χ0) is 17.0. The number of alkyl halides is 4. The van der Waals surface area contributed by atoms with Crippen LogP contribution < -0.4 is 0 Å². The van der Waals surface area contributed by atoms with Gasteiger partial charge in [0.15, 0.2) is 23.3 Å². The first-order chi connectivity index (χ1) is 10.1. The van der Waals surface area contributed by atoms with E-state index in [2.05, 4.69) is 0 Å². The van der Waals surface area contributed by atoms with Gasteiger partial charge in [-0.15, -0.1) is 0 Å². The summed E-state index contributed by atoms with van der Waals surface area (Å²) >= 11 is 0. The van der Waals surface area contributed by atoms with Crippen LogP contribution in [-0.4, -0.2) is 24.7 Å². The molecule has 0 heterocycles. The Labute approximate surface area is 122 Å². The summed E-state index contributed by atoms with van der Waals surface area (Å²) in [6.07, 6.45) is -10.8. The van der Waals surface area contributed by atoms with Crippen molar-refractivity contribution in [3.8, 4) is 0 Å². The summed E-state index contributed by atoms with van der Waals surface area (Å²) in [7, 11) is 0. The highest BCUT2D eigenvalue weighted by molar-refractivity contribution is 5.22. The third-order valence-corrected chi connectivity index (χ3v) is 3.20. The largest absolute Gasteiger partial charge is 0.245 e. The molecule has 0 nitrogen and oxygen atoms in total. The molecule has 0 aliphatic heterocycles. The summed E-state index contributed by atoms with van der Waals surface area (Å²) in [5, 5.41) is 0. The highest BCUT2D eigenvalue weighted by Crippen LogP contribution is 2.24. The fourth-order valence-electron chi connectivity index (χ4n) is 1.84. The number of hydrogen-bond donors (Lipinski definition) is 0. The van der Waals surface area contributed by atoms with E-state index in [-0.39, 0.29) is 6.07 Å². The molecule has 4 atom stereocenters. The lowest BCUT2D eigenvalue weighted by molar-refractivity contribution is 0.120. The molecule has 0 saturated carbocycles. The van der Waals surface area contributed by atoms with Gasteiger partial charge in [0, 0.05) is 6.42 Å². The van der Waals surface area contributed by atoms with Gasteiger partial charge in [-0.1, -0.05) is 0 Å². The normalized spacial score (nSPS) is 17.1. The van der Waals surface area contributed by atoms with Crippen LogP contribution in [0, 0.1) is 23.3 Å². The van der Waals surface area contributed by atoms with Crippen LogP contribution in [0.1, 0.15) is 25.3 Å². The molecule has 22 heavy (non-hydrogen) atoms. The Hall–Kier alpha value is -1.34. The highest BCUT2D eigenvalue weighted by atomic mass is 19.2. The van der Waals surface area contributed by atoms with Gasteiger partial charge >= 0.3 is 0 Å². The molecule has 8 heteroatoms. The van der Waals surface area contributed by atoms with Gasteiger partial charge in [0.25, 0.3) is 0 Å². The van der Waals surface area contributed by atoms with E-state index in [1.165, 1.54) is 0 Å². The third kappa shape index (κ3) is 4.58. The quantitative estimate of drug-likeness (QED) is 0.376. The van der Waals surface area contributed by atoms with Crippen LogP contribution in [0.15, 0.2) is 6.07 Å². The van der Waals surface area contributed by atoms with Crippen molar-refractivity contribution in [1.82, 2.24) is 0 Å². The van der Waals surface area contributed by atoms with E-state index >= 15 is 0 Å². The molecule has 126 valence electrons. The van der Waals surface area contributed by atoms with Crippen LogP contribution >= 0.6 is 0 Å². The topological polar surface area (TPSA) is 0 Å². The maximum Gasteiger partial charge on any atom is 0.197 e. The summed E-state index contributed by atoms with van der Waals surface area (Å²) in [5.41, 5.74) is -0.873. The number of hydrogen-bond acceptors (Lipinski definition) is 0. The van der Waals surface area contributed by atoms with Gasteiger partial charge in [0.1, 0.15) is 24.7 Å². The fourth-order valence-corrected chi connectivity index (χ4v) is 1.84. The highest BCUT2D eigenvalue weighted by Gasteiger charge is 2.27. The molecule has 0 N–H and O–H groups in total. The summed E-state index contributed by atoms with van der Waals surface area (Å²) in [6.45, 7) is 0.921. The number of rotatable bonds is 7. The zero-order valence-corrected chi connectivity index (χ0v) is 11.5. The molecule has 0 spiro atoms. The monoisotopic (exact) mass is 334 g/mol. The van der Waals surface area contributed by atoms with Crippen LogP contribution in [0.5, 0.6) is 0 Å². The van der Waals surface area contributed by atoms with Crippen molar-refractivity contribution in [3.05, 3.63) is 34.9 Å². The van der Waals surface area contributed by atoms with E-state index in [1.807, 2.05) is 0 Å². The Bertz CT molecular complexity index is 502. The molecule has 0 amide bonds. The van der Waals surface area contributed by atoms with Crippen LogP contribution in [0.25, 0.3) is 0 Å². The predicted molar refractivity (Wildman–Crippen MR) is 64.5 cm³/mol. The number of benzene rings is 1. The molecule has 1 aromatic rings. The van der Waals surface area contributed by atoms with E-state index in [4.69, 9.17) is 0 Å². The SMILES string of the molecule is CC(F)C(F)CCC(F)C(F)Cc1cc(F)c(F)c(F)c1F. The van der Waals surface area contributed by atoms with Crippen LogP contribution in [-0.2, 0) is 6.42 Å². The minimum Gasteiger partial charge on any atom is -0.245 e. The zero-order valence-electron chi connectivity index (χ0n) is 11.5. The van der Waals surface area contributed by atoms with Crippen molar-refractivity contribution < 1.29 is 35.1 Å². The summed E-state index contributed by atoms with van der Waals surface area (Å²) < 4.78 is 104. The van der Waals surface area contributed by atoms with E-state index in [0.717, 1.165) is 6.92 Å². The van der Waals surface area contributed by atoms with E-state index in [0.29, 0.717) is 0 Å². The molecule has 0 bridgehead atoms. The van der Waals surface area contributed by atoms with Crippen molar-refractivity contribution in [2.75, 3.05) is 0 Å². The summed E-state index contributed by atoms with van der Waals surface area (Å²) in [5.74, 6) is -7.71. The van der Waals surface area contributed by atoms with Gasteiger partial charge in [-0.25, -0.2) is 35.1 Å². The first-order valence-corrected chi connectivity index (χ1v) is 6.53. The molecule has 0 radical (unpaired) electrons. The maximum atomic E-state index is 13.6. The van der Waals surface area contributed by atoms with E-state index in [1.54, 1.807) is 0 Å². The van der Waals surface area contributed by atoms with Gasteiger partial charge in [0.05, 0.1) is 0 Å². The molecular weight excluding hydrogens is 320 g/mol. The van der Waals surface area contributed by atoms with Crippen LogP contribution in [0.3, 0.4) is 0 Å². The lowest BCUT2D eigenvalue weighted by Gasteiger charge is -2.16. The van der Waals surface area contributed by atoms with Crippen molar-refractivity contribution in [2.24, 2.45) is 0 Å². The molecule has 0 fully saturated rings. The van der Waals surface area contributed by atoms with Gasteiger partial charge in [0.2, 0.25) is 0 Å². The standard InChI is InChI=1S/C14H14F8/c1-6(15)8(16)2-3-9(17)10(18)4-7-5-11(19)13(21)14(22)12(7)20/h5-6,8-10H,2-4H2,1H3. The summed E-state index contributed by atoms with van der Waals surface area (Å²) in [6, 6.07) is 0.231. The molecule has 0 aliphatic rings. The maximum absolute atomic E-state index is 13.6. The van der Waals surface area contributed by atoms with Crippen molar-refractivity contribution in [1.29, 1.82) is 0 Å². The molecule has 4 unspecified atom stereocenters. The average molecular weight is 334 g/mol. The second-order valence-electron chi connectivity index (χ2n) is 4.97. The molecule has 0 aliphatic carbocycles. The predicted octanol–water partition coefficient (Wildman–Crippen LogP) is 4.94. The van der Waals surface area contributed by atoms with Gasteiger partial charge in [-0.05, 0) is 31.4 Å². The molecule has 1 rings (SSSR count). The van der Waals surface area contributed by atoms with Gasteiger partial charge < -0.3 is 0 Å². The molecular formula is C14H14F8. The molecule has 0 aromatic heterocycles. The van der Waals surface area contributed by atoms with Crippen LogP contribution in [0.4, 0.5) is 35.1 Å². The van der Waals surface area contributed by atoms with Gasteiger partial charge in [-0.3, -0.25) is 0 Å². The van der Waals surface area contributed by atoms with Crippen molar-refractivity contribution in [2.45, 2.75) is 50.9 Å². The van der Waals surface area contributed by atoms with Crippen molar-refractivity contribution in [3.63, 3.8) is 0 Å². The minimum absolute atomic E-state index is 0.231. The average Bonchev–Trinajstić information content (AvgIpc) is 2.47. The second-order valence-corrected chi connectivity index (χ2v) is 4.97. The first kappa shape index (κ1) is 18.7. The molecule has 0 saturated heterocycles. The van der Waals surface area contributed by atoms with E-state index in [9.17, 15) is 35.1 Å². The Balaban J connectivity index is 2.70. The Kier molecular flexibility index (Phi) is 6.62. The van der Waals surface area contributed by atoms with E-state index < -0.39 is 72.8 Å². The second kappa shape index (κ2) is 7.78. The Morgan fingerprint density at radius 3 is 1.86 bits per heavy atom. The van der Waals surface area contributed by atoms with Crippen molar-refractivity contribution >= 4 is 0 Å². The fraction of sp³-hybridized carbons (Fsp3) is 0.571. The summed E-state index contributed by atoms with van der Waals surface area (Å²) in [4.78, 5) is 0. The number of halogens is 8. The lowest BCUT2D eigenvalue weighted by atomic mass is 10.0. The Morgan fingerprint density at radius 2 is 1.32 bits per heavy atom. The smallest absolute Gasteiger partial charge is 0.197 e. The van der Waals surface area contributed by atoms with Crippen LogP contribution in [0.2, 0.25) is 0 Å². The minimum atomic E-state index is -2.39. The molecule has 1 aromatic carbocycles. The third-order valence-electron chi connectivity index (χ3n) is 3.20. The van der Waals surface area contributed by atoms with Gasteiger partial charge in [-0.2, -0.15) is 0 Å². The lowest BCUT2D eigenvalue weighted by Crippen LogP contribution is -2.23. The Morgan fingerprint density at radius 1 is 0.773 bits per heavy atom. The first-order valence-electron chi connectivity index (χ1n) is 6.53.